The smallest absolute Gasteiger partial charge is 0.274 e. The number of ether oxygens (including phenoxy) is 1. The monoisotopic (exact) mass is 488 g/mol. The number of amides is 2. The van der Waals surface area contributed by atoms with E-state index < -0.39 is 5.91 Å². The fourth-order valence-corrected chi connectivity index (χ4v) is 4.34. The first-order valence-corrected chi connectivity index (χ1v) is 12.0. The van der Waals surface area contributed by atoms with Gasteiger partial charge in [0.15, 0.2) is 0 Å². The average molecular weight is 489 g/mol. The van der Waals surface area contributed by atoms with Gasteiger partial charge in [-0.25, -0.2) is 5.48 Å². The van der Waals surface area contributed by atoms with Gasteiger partial charge < -0.3 is 10.1 Å². The third-order valence-electron chi connectivity index (χ3n) is 6.44. The zero-order chi connectivity index (χ0) is 25.3. The van der Waals surface area contributed by atoms with Gasteiger partial charge in [0.05, 0.1) is 7.11 Å². The van der Waals surface area contributed by atoms with Crippen LogP contribution in [-0.2, 0) is 19.6 Å². The summed E-state index contributed by atoms with van der Waals surface area (Å²) in [7, 11) is 1.63. The number of hydroxylamine groups is 1. The summed E-state index contributed by atoms with van der Waals surface area (Å²) in [6.07, 6.45) is 0. The lowest BCUT2D eigenvalue weighted by atomic mass is 10.1. The molecule has 1 fully saturated rings. The summed E-state index contributed by atoms with van der Waals surface area (Å²) in [5.41, 5.74) is 5.99. The molecule has 2 amide bonds. The van der Waals surface area contributed by atoms with Crippen LogP contribution in [0.1, 0.15) is 37.4 Å². The minimum atomic E-state index is -0.503. The number of rotatable bonds is 9. The van der Waals surface area contributed by atoms with Gasteiger partial charge in [0.1, 0.15) is 5.75 Å². The van der Waals surface area contributed by atoms with E-state index >= 15 is 0 Å². The van der Waals surface area contributed by atoms with E-state index in [1.807, 2.05) is 60.7 Å². The van der Waals surface area contributed by atoms with Crippen molar-refractivity contribution in [3.63, 3.8) is 0 Å². The third kappa shape index (κ3) is 6.69. The highest BCUT2D eigenvalue weighted by molar-refractivity contribution is 5.94. The summed E-state index contributed by atoms with van der Waals surface area (Å²) < 4.78 is 5.34. The Hall–Kier alpha value is -3.72. The number of carbonyl (C=O) groups is 2. The van der Waals surface area contributed by atoms with Crippen LogP contribution in [-0.4, -0.2) is 60.1 Å². The quantitative estimate of drug-likeness (QED) is 0.317. The molecule has 8 heteroatoms. The van der Waals surface area contributed by atoms with Gasteiger partial charge in [-0.05, 0) is 41.5 Å². The van der Waals surface area contributed by atoms with Crippen LogP contribution in [0.2, 0.25) is 0 Å². The predicted octanol–water partition coefficient (Wildman–Crippen LogP) is 3.06. The number of piperazine rings is 1. The number of benzene rings is 3. The molecular weight excluding hydrogens is 456 g/mol. The van der Waals surface area contributed by atoms with Crippen LogP contribution in [0, 0.1) is 0 Å². The van der Waals surface area contributed by atoms with E-state index in [0.717, 1.165) is 56.1 Å². The molecule has 0 aliphatic carbocycles. The Kier molecular flexibility index (Phi) is 8.67. The lowest BCUT2D eigenvalue weighted by molar-refractivity contribution is 0.0706. The lowest BCUT2D eigenvalue weighted by Gasteiger charge is -2.34. The molecule has 0 radical (unpaired) electrons. The van der Waals surface area contributed by atoms with Crippen LogP contribution in [0.15, 0.2) is 72.8 Å². The molecule has 1 heterocycles. The van der Waals surface area contributed by atoms with E-state index in [2.05, 4.69) is 15.1 Å². The summed E-state index contributed by atoms with van der Waals surface area (Å²) in [5.74, 6) is 0.154. The molecular formula is C28H32N4O4. The van der Waals surface area contributed by atoms with E-state index in [1.165, 1.54) is 5.56 Å². The Labute approximate surface area is 211 Å². The molecule has 3 aromatic rings. The highest BCUT2D eigenvalue weighted by Gasteiger charge is 2.17. The lowest BCUT2D eigenvalue weighted by Crippen LogP contribution is -2.45. The minimum Gasteiger partial charge on any atom is -0.496 e. The van der Waals surface area contributed by atoms with Crippen molar-refractivity contribution < 1.29 is 19.5 Å². The topological polar surface area (TPSA) is 94.1 Å². The fourth-order valence-electron chi connectivity index (χ4n) is 4.34. The molecule has 36 heavy (non-hydrogen) atoms. The average Bonchev–Trinajstić information content (AvgIpc) is 2.93. The third-order valence-corrected chi connectivity index (χ3v) is 6.44. The Morgan fingerprint density at radius 1 is 0.778 bits per heavy atom. The zero-order valence-corrected chi connectivity index (χ0v) is 20.4. The standard InChI is InChI=1S/C28H32N4O4/c1-36-26-5-3-2-4-25(26)18-29-27(33)23-10-6-21(7-11-23)19-31-14-16-32(17-15-31)20-22-8-12-24(13-9-22)28(34)30-35/h2-13,35H,14-20H2,1H3,(H,29,33)(H,30,34). The van der Waals surface area contributed by atoms with E-state index in [4.69, 9.17) is 9.94 Å². The molecule has 0 atom stereocenters. The maximum Gasteiger partial charge on any atom is 0.274 e. The second-order valence-corrected chi connectivity index (χ2v) is 8.88. The van der Waals surface area contributed by atoms with Gasteiger partial charge in [0.25, 0.3) is 11.8 Å². The Morgan fingerprint density at radius 2 is 1.28 bits per heavy atom. The molecule has 0 bridgehead atoms. The largest absolute Gasteiger partial charge is 0.496 e. The Balaban J connectivity index is 1.22. The molecule has 0 saturated carbocycles. The summed E-state index contributed by atoms with van der Waals surface area (Å²) in [6.45, 7) is 5.94. The Bertz CT molecular complexity index is 1160. The number of hydrogen-bond donors (Lipinski definition) is 3. The number of methoxy groups -OCH3 is 1. The molecule has 0 unspecified atom stereocenters. The molecule has 1 aliphatic rings. The first-order chi connectivity index (χ1) is 17.6. The molecule has 4 rings (SSSR count). The van der Waals surface area contributed by atoms with E-state index in [9.17, 15) is 9.59 Å². The molecule has 0 aromatic heterocycles. The second kappa shape index (κ2) is 12.3. The van der Waals surface area contributed by atoms with Crippen molar-refractivity contribution in [2.45, 2.75) is 19.6 Å². The van der Waals surface area contributed by atoms with Gasteiger partial charge in [0.2, 0.25) is 0 Å². The van der Waals surface area contributed by atoms with Crippen molar-refractivity contribution in [3.8, 4) is 5.75 Å². The second-order valence-electron chi connectivity index (χ2n) is 8.88. The molecule has 1 aliphatic heterocycles. The van der Waals surface area contributed by atoms with Gasteiger partial charge in [-0.15, -0.1) is 0 Å². The van der Waals surface area contributed by atoms with E-state index in [0.29, 0.717) is 17.7 Å². The van der Waals surface area contributed by atoms with Gasteiger partial charge in [-0.1, -0.05) is 42.5 Å². The SMILES string of the molecule is COc1ccccc1CNC(=O)c1ccc(CN2CCN(Cc3ccc(C(=O)NO)cc3)CC2)cc1. The summed E-state index contributed by atoms with van der Waals surface area (Å²) >= 11 is 0. The molecule has 1 saturated heterocycles. The minimum absolute atomic E-state index is 0.105. The van der Waals surface area contributed by atoms with Crippen LogP contribution in [0.4, 0.5) is 0 Å². The van der Waals surface area contributed by atoms with Gasteiger partial charge in [-0.2, -0.15) is 0 Å². The Morgan fingerprint density at radius 3 is 1.78 bits per heavy atom. The fraction of sp³-hybridized carbons (Fsp3) is 0.286. The van der Waals surface area contributed by atoms with Crippen LogP contribution in [0.25, 0.3) is 0 Å². The zero-order valence-electron chi connectivity index (χ0n) is 20.4. The van der Waals surface area contributed by atoms with Crippen LogP contribution >= 0.6 is 0 Å². The molecule has 0 spiro atoms. The number of nitrogens with zero attached hydrogens (tertiary/aromatic N) is 2. The normalized spacial score (nSPS) is 14.3. The van der Waals surface area contributed by atoms with Crippen molar-refractivity contribution in [3.05, 3.63) is 101 Å². The summed E-state index contributed by atoms with van der Waals surface area (Å²) in [6, 6.07) is 22.7. The maximum atomic E-state index is 12.6. The summed E-state index contributed by atoms with van der Waals surface area (Å²) in [5, 5.41) is 11.7. The first kappa shape index (κ1) is 25.4. The number of nitrogens with one attached hydrogen (secondary N) is 2. The van der Waals surface area contributed by atoms with Crippen molar-refractivity contribution in [2.24, 2.45) is 0 Å². The maximum absolute atomic E-state index is 12.6. The van der Waals surface area contributed by atoms with Gasteiger partial charge >= 0.3 is 0 Å². The highest BCUT2D eigenvalue weighted by atomic mass is 16.5. The highest BCUT2D eigenvalue weighted by Crippen LogP contribution is 2.17. The van der Waals surface area contributed by atoms with E-state index in [1.54, 1.807) is 24.7 Å². The molecule has 3 N–H and O–H groups in total. The van der Waals surface area contributed by atoms with Crippen molar-refractivity contribution in [2.75, 3.05) is 33.3 Å². The van der Waals surface area contributed by atoms with Crippen LogP contribution < -0.4 is 15.5 Å². The van der Waals surface area contributed by atoms with E-state index in [-0.39, 0.29) is 5.91 Å². The van der Waals surface area contributed by atoms with Crippen LogP contribution in [0.3, 0.4) is 0 Å². The van der Waals surface area contributed by atoms with Crippen molar-refractivity contribution in [1.29, 1.82) is 0 Å². The van der Waals surface area contributed by atoms with Crippen molar-refractivity contribution >= 4 is 11.8 Å². The summed E-state index contributed by atoms with van der Waals surface area (Å²) in [4.78, 5) is 28.8. The number of para-hydroxylation sites is 1. The predicted molar refractivity (Wildman–Crippen MR) is 137 cm³/mol. The van der Waals surface area contributed by atoms with Crippen LogP contribution in [0.5, 0.6) is 5.75 Å². The number of hydrogen-bond acceptors (Lipinski definition) is 6. The van der Waals surface area contributed by atoms with Gasteiger partial charge in [0, 0.05) is 62.5 Å². The number of carbonyl (C=O) groups excluding carboxylic acids is 2. The molecule has 8 nitrogen and oxygen atoms in total. The van der Waals surface area contributed by atoms with Gasteiger partial charge in [-0.3, -0.25) is 24.6 Å². The molecule has 3 aromatic carbocycles. The first-order valence-electron chi connectivity index (χ1n) is 12.0. The van der Waals surface area contributed by atoms with Crippen molar-refractivity contribution in [1.82, 2.24) is 20.6 Å². The molecule has 188 valence electrons.